The van der Waals surface area contributed by atoms with Crippen molar-refractivity contribution >= 4 is 26.5 Å². The third kappa shape index (κ3) is 3.34. The van der Waals surface area contributed by atoms with Crippen LogP contribution in [0.3, 0.4) is 0 Å². The van der Waals surface area contributed by atoms with Crippen molar-refractivity contribution in [1.82, 2.24) is 4.98 Å². The van der Waals surface area contributed by atoms with Crippen LogP contribution in [0.15, 0.2) is 88.8 Å². The maximum Gasteiger partial charge on any atom is 0.208 e. The summed E-state index contributed by atoms with van der Waals surface area (Å²) in [6.07, 6.45) is 1.37. The van der Waals surface area contributed by atoms with Crippen LogP contribution >= 0.6 is 0 Å². The van der Waals surface area contributed by atoms with Crippen molar-refractivity contribution in [2.75, 3.05) is 0 Å². The monoisotopic (exact) mass is 401 g/mol. The molecule has 0 saturated carbocycles. The van der Waals surface area contributed by atoms with Gasteiger partial charge in [0, 0.05) is 17.1 Å². The standard InChI is InChI=1S/C24H19NO3S/c1-16-12-13-19(14-17(16)2)29(27,28)24-20-10-6-7-11-22(20)25-15-21(24)23(26)18-8-4-3-5-9-18/h3-15H,1-2H3. The van der Waals surface area contributed by atoms with E-state index in [0.29, 0.717) is 16.5 Å². The third-order valence-corrected chi connectivity index (χ3v) is 6.92. The molecule has 0 radical (unpaired) electrons. The van der Waals surface area contributed by atoms with Crippen LogP contribution in [0.25, 0.3) is 10.9 Å². The predicted molar refractivity (Wildman–Crippen MR) is 113 cm³/mol. The maximum absolute atomic E-state index is 13.7. The summed E-state index contributed by atoms with van der Waals surface area (Å²) in [5, 5.41) is 0.438. The predicted octanol–water partition coefficient (Wildman–Crippen LogP) is 4.92. The third-order valence-electron chi connectivity index (χ3n) is 5.06. The molecule has 0 aliphatic heterocycles. The molecule has 4 rings (SSSR count). The van der Waals surface area contributed by atoms with Crippen LogP contribution in [-0.4, -0.2) is 19.2 Å². The summed E-state index contributed by atoms with van der Waals surface area (Å²) in [6.45, 7) is 3.80. The molecule has 0 spiro atoms. The van der Waals surface area contributed by atoms with E-state index in [4.69, 9.17) is 0 Å². The lowest BCUT2D eigenvalue weighted by Crippen LogP contribution is -2.13. The Morgan fingerprint density at radius 1 is 0.828 bits per heavy atom. The second-order valence-electron chi connectivity index (χ2n) is 6.96. The number of fused-ring (bicyclic) bond motifs is 1. The van der Waals surface area contributed by atoms with Gasteiger partial charge in [-0.05, 0) is 43.2 Å². The van der Waals surface area contributed by atoms with Crippen LogP contribution in [0.2, 0.25) is 0 Å². The number of aromatic nitrogens is 1. The maximum atomic E-state index is 13.7. The molecule has 5 heteroatoms. The lowest BCUT2D eigenvalue weighted by molar-refractivity contribution is 0.103. The van der Waals surface area contributed by atoms with E-state index in [2.05, 4.69) is 4.98 Å². The van der Waals surface area contributed by atoms with Crippen LogP contribution in [0.4, 0.5) is 0 Å². The number of nitrogens with zero attached hydrogens (tertiary/aromatic N) is 1. The molecular formula is C24H19NO3S. The van der Waals surface area contributed by atoms with Gasteiger partial charge in [-0.2, -0.15) is 0 Å². The second-order valence-corrected chi connectivity index (χ2v) is 8.85. The molecule has 0 aliphatic rings. The summed E-state index contributed by atoms with van der Waals surface area (Å²) in [5.74, 6) is -0.369. The molecule has 4 nitrogen and oxygen atoms in total. The number of benzene rings is 3. The Hall–Kier alpha value is -3.31. The number of ketones is 1. The van der Waals surface area contributed by atoms with Gasteiger partial charge < -0.3 is 0 Å². The fraction of sp³-hybridized carbons (Fsp3) is 0.0833. The summed E-state index contributed by atoms with van der Waals surface area (Å²) < 4.78 is 27.4. The minimum atomic E-state index is -3.95. The van der Waals surface area contributed by atoms with E-state index in [0.717, 1.165) is 11.1 Å². The zero-order valence-electron chi connectivity index (χ0n) is 16.1. The van der Waals surface area contributed by atoms with Crippen LogP contribution < -0.4 is 0 Å². The molecule has 1 heterocycles. The number of aryl methyl sites for hydroxylation is 2. The first kappa shape index (κ1) is 19.0. The highest BCUT2D eigenvalue weighted by atomic mass is 32.2. The van der Waals surface area contributed by atoms with Crippen molar-refractivity contribution < 1.29 is 13.2 Å². The van der Waals surface area contributed by atoms with Gasteiger partial charge in [0.05, 0.1) is 20.9 Å². The minimum Gasteiger partial charge on any atom is -0.289 e. The summed E-state index contributed by atoms with van der Waals surface area (Å²) in [4.78, 5) is 17.7. The van der Waals surface area contributed by atoms with E-state index in [1.54, 1.807) is 66.7 Å². The van der Waals surface area contributed by atoms with Crippen molar-refractivity contribution in [2.24, 2.45) is 0 Å². The van der Waals surface area contributed by atoms with Gasteiger partial charge in [0.1, 0.15) is 0 Å². The van der Waals surface area contributed by atoms with Gasteiger partial charge in [-0.25, -0.2) is 8.42 Å². The van der Waals surface area contributed by atoms with Crippen LogP contribution in [0.1, 0.15) is 27.0 Å². The number of rotatable bonds is 4. The van der Waals surface area contributed by atoms with Gasteiger partial charge in [-0.3, -0.25) is 9.78 Å². The average molecular weight is 401 g/mol. The molecule has 1 aromatic heterocycles. The van der Waals surface area contributed by atoms with Crippen LogP contribution in [-0.2, 0) is 9.84 Å². The average Bonchev–Trinajstić information content (AvgIpc) is 2.74. The Kier molecular flexibility index (Phi) is 4.76. The highest BCUT2D eigenvalue weighted by molar-refractivity contribution is 7.91. The number of hydrogen-bond acceptors (Lipinski definition) is 4. The Morgan fingerprint density at radius 2 is 1.52 bits per heavy atom. The molecular weight excluding hydrogens is 382 g/mol. The SMILES string of the molecule is Cc1ccc(S(=O)(=O)c2c(C(=O)c3ccccc3)cnc3ccccc23)cc1C. The van der Waals surface area contributed by atoms with Gasteiger partial charge >= 0.3 is 0 Å². The first-order valence-corrected chi connectivity index (χ1v) is 10.7. The molecule has 3 aromatic carbocycles. The quantitative estimate of drug-likeness (QED) is 0.456. The summed E-state index contributed by atoms with van der Waals surface area (Å²) in [6, 6.07) is 20.6. The van der Waals surface area contributed by atoms with Crippen molar-refractivity contribution in [3.8, 4) is 0 Å². The number of pyridine rings is 1. The van der Waals surface area contributed by atoms with Crippen molar-refractivity contribution in [3.63, 3.8) is 0 Å². The Bertz CT molecular complexity index is 1340. The van der Waals surface area contributed by atoms with Crippen molar-refractivity contribution in [3.05, 3.63) is 101 Å². The van der Waals surface area contributed by atoms with E-state index < -0.39 is 9.84 Å². The molecule has 0 atom stereocenters. The largest absolute Gasteiger partial charge is 0.289 e. The van der Waals surface area contributed by atoms with E-state index >= 15 is 0 Å². The molecule has 0 N–H and O–H groups in total. The molecule has 0 amide bonds. The summed E-state index contributed by atoms with van der Waals surface area (Å²) >= 11 is 0. The van der Waals surface area contributed by atoms with Crippen LogP contribution in [0.5, 0.6) is 0 Å². The normalized spacial score (nSPS) is 11.5. The van der Waals surface area contributed by atoms with Gasteiger partial charge in [0.25, 0.3) is 0 Å². The lowest BCUT2D eigenvalue weighted by Gasteiger charge is -2.14. The van der Waals surface area contributed by atoms with E-state index in [1.807, 2.05) is 19.9 Å². The number of carbonyl (C=O) groups is 1. The Labute approximate surface area is 169 Å². The van der Waals surface area contributed by atoms with Crippen LogP contribution in [0, 0.1) is 13.8 Å². The smallest absolute Gasteiger partial charge is 0.208 e. The first-order chi connectivity index (χ1) is 13.9. The molecule has 0 aliphatic carbocycles. The minimum absolute atomic E-state index is 0.000191. The molecule has 4 aromatic rings. The summed E-state index contributed by atoms with van der Waals surface area (Å²) in [7, 11) is -3.95. The molecule has 0 fully saturated rings. The number of carbonyl (C=O) groups excluding carboxylic acids is 1. The van der Waals surface area contributed by atoms with E-state index in [-0.39, 0.29) is 21.1 Å². The van der Waals surface area contributed by atoms with Gasteiger partial charge in [0.15, 0.2) is 5.78 Å². The number of sulfone groups is 1. The molecule has 0 bridgehead atoms. The molecule has 0 saturated heterocycles. The van der Waals surface area contributed by atoms with E-state index in [1.165, 1.54) is 6.20 Å². The zero-order valence-corrected chi connectivity index (χ0v) is 16.9. The first-order valence-electron chi connectivity index (χ1n) is 9.19. The van der Waals surface area contributed by atoms with Gasteiger partial charge in [-0.15, -0.1) is 0 Å². The fourth-order valence-corrected chi connectivity index (χ4v) is 5.02. The zero-order chi connectivity index (χ0) is 20.6. The molecule has 29 heavy (non-hydrogen) atoms. The van der Waals surface area contributed by atoms with Crippen molar-refractivity contribution in [1.29, 1.82) is 0 Å². The number of hydrogen-bond donors (Lipinski definition) is 0. The number of para-hydroxylation sites is 1. The highest BCUT2D eigenvalue weighted by Gasteiger charge is 2.28. The fourth-order valence-electron chi connectivity index (χ4n) is 3.31. The van der Waals surface area contributed by atoms with Crippen molar-refractivity contribution in [2.45, 2.75) is 23.6 Å². The Balaban J connectivity index is 2.03. The Morgan fingerprint density at radius 3 is 2.24 bits per heavy atom. The highest BCUT2D eigenvalue weighted by Crippen LogP contribution is 2.32. The second kappa shape index (κ2) is 7.26. The topological polar surface area (TPSA) is 64.1 Å². The molecule has 144 valence electrons. The van der Waals surface area contributed by atoms with Gasteiger partial charge in [-0.1, -0.05) is 54.6 Å². The van der Waals surface area contributed by atoms with Gasteiger partial charge in [0.2, 0.25) is 9.84 Å². The lowest BCUT2D eigenvalue weighted by atomic mass is 10.0. The van der Waals surface area contributed by atoms with E-state index in [9.17, 15) is 13.2 Å². The summed E-state index contributed by atoms with van der Waals surface area (Å²) in [5.41, 5.74) is 2.90. The molecule has 0 unspecified atom stereocenters.